The van der Waals surface area contributed by atoms with E-state index in [-0.39, 0.29) is 0 Å². The molecule has 3 aromatic rings. The largest absolute Gasteiger partial charge is 0.398 e. The second-order valence-electron chi connectivity index (χ2n) is 4.90. The number of hydrogen-bond donors (Lipinski definition) is 1. The van der Waals surface area contributed by atoms with E-state index in [0.29, 0.717) is 0 Å². The van der Waals surface area contributed by atoms with Gasteiger partial charge < -0.3 is 5.73 Å². The van der Waals surface area contributed by atoms with Crippen molar-refractivity contribution in [3.63, 3.8) is 0 Å². The lowest BCUT2D eigenvalue weighted by Crippen LogP contribution is -1.97. The molecule has 2 N–H and O–H groups in total. The Hall–Kier alpha value is -2.54. The molecule has 0 radical (unpaired) electrons. The number of allylic oxidation sites excluding steroid dienone is 1. The Bertz CT molecular complexity index is 757. The summed E-state index contributed by atoms with van der Waals surface area (Å²) in [6.07, 6.45) is 2.75. The van der Waals surface area contributed by atoms with Gasteiger partial charge in [-0.1, -0.05) is 66.7 Å². The van der Waals surface area contributed by atoms with Crippen LogP contribution in [0.5, 0.6) is 0 Å². The maximum Gasteiger partial charge on any atom is 0.0476 e. The molecule has 0 bridgehead atoms. The van der Waals surface area contributed by atoms with E-state index < -0.39 is 0 Å². The second-order valence-corrected chi connectivity index (χ2v) is 4.90. The molecule has 98 valence electrons. The van der Waals surface area contributed by atoms with Gasteiger partial charge in [-0.2, -0.15) is 0 Å². The van der Waals surface area contributed by atoms with Gasteiger partial charge in [-0.05, 0) is 22.9 Å². The molecule has 0 heterocycles. The van der Waals surface area contributed by atoms with Gasteiger partial charge in [-0.15, -0.1) is 6.58 Å². The number of rotatable bonds is 3. The molecule has 3 rings (SSSR count). The molecule has 0 amide bonds. The molecule has 0 unspecified atom stereocenters. The van der Waals surface area contributed by atoms with Crippen LogP contribution in [0.15, 0.2) is 73.3 Å². The number of nitrogen functional groups attached to an aromatic ring is 1. The van der Waals surface area contributed by atoms with Crippen molar-refractivity contribution in [1.82, 2.24) is 0 Å². The summed E-state index contributed by atoms with van der Waals surface area (Å²) >= 11 is 0. The molecule has 3 aromatic carbocycles. The molecule has 1 heteroatoms. The zero-order chi connectivity index (χ0) is 13.9. The zero-order valence-electron chi connectivity index (χ0n) is 11.3. The van der Waals surface area contributed by atoms with Crippen LogP contribution in [0.3, 0.4) is 0 Å². The maximum absolute atomic E-state index is 6.45. The van der Waals surface area contributed by atoms with Crippen LogP contribution in [-0.4, -0.2) is 0 Å². The summed E-state index contributed by atoms with van der Waals surface area (Å²) in [5.41, 5.74) is 10.8. The summed E-state index contributed by atoms with van der Waals surface area (Å²) in [7, 11) is 0. The first-order chi connectivity index (χ1) is 9.81. The first-order valence-corrected chi connectivity index (χ1v) is 6.77. The fraction of sp³-hybridized carbons (Fsp3) is 0.0526. The summed E-state index contributed by atoms with van der Waals surface area (Å²) in [5, 5.41) is 2.29. The summed E-state index contributed by atoms with van der Waals surface area (Å²) in [4.78, 5) is 0. The van der Waals surface area contributed by atoms with Crippen LogP contribution >= 0.6 is 0 Å². The van der Waals surface area contributed by atoms with Gasteiger partial charge in [-0.3, -0.25) is 0 Å². The van der Waals surface area contributed by atoms with E-state index in [9.17, 15) is 0 Å². The molecule has 1 nitrogen and oxygen atoms in total. The van der Waals surface area contributed by atoms with Crippen molar-refractivity contribution in [1.29, 1.82) is 0 Å². The topological polar surface area (TPSA) is 26.0 Å². The quantitative estimate of drug-likeness (QED) is 0.529. The van der Waals surface area contributed by atoms with Gasteiger partial charge in [0, 0.05) is 16.6 Å². The van der Waals surface area contributed by atoms with Crippen LogP contribution in [0.2, 0.25) is 0 Å². The van der Waals surface area contributed by atoms with E-state index in [1.807, 2.05) is 36.4 Å². The Labute approximate surface area is 119 Å². The van der Waals surface area contributed by atoms with Crippen molar-refractivity contribution < 1.29 is 0 Å². The molecular weight excluding hydrogens is 242 g/mol. The highest BCUT2D eigenvalue weighted by molar-refractivity contribution is 6.02. The lowest BCUT2D eigenvalue weighted by Gasteiger charge is -2.15. The van der Waals surface area contributed by atoms with E-state index in [4.69, 9.17) is 5.73 Å². The summed E-state index contributed by atoms with van der Waals surface area (Å²) in [5.74, 6) is 0. The highest BCUT2D eigenvalue weighted by Crippen LogP contribution is 2.36. The van der Waals surface area contributed by atoms with Crippen molar-refractivity contribution in [2.24, 2.45) is 0 Å². The van der Waals surface area contributed by atoms with E-state index in [2.05, 4.69) is 36.9 Å². The van der Waals surface area contributed by atoms with Crippen LogP contribution in [-0.2, 0) is 6.42 Å². The minimum atomic E-state index is 0.819. The Balaban J connectivity index is 2.36. The zero-order valence-corrected chi connectivity index (χ0v) is 11.3. The fourth-order valence-corrected chi connectivity index (χ4v) is 2.70. The van der Waals surface area contributed by atoms with Crippen molar-refractivity contribution in [3.8, 4) is 11.1 Å². The van der Waals surface area contributed by atoms with Gasteiger partial charge in [-0.25, -0.2) is 0 Å². The molecule has 0 saturated carbocycles. The SMILES string of the molecule is C=CCc1cc2ccccc2c(N)c1-c1ccccc1. The summed E-state index contributed by atoms with van der Waals surface area (Å²) in [6, 6.07) is 20.8. The monoisotopic (exact) mass is 259 g/mol. The minimum Gasteiger partial charge on any atom is -0.398 e. The molecule has 0 aromatic heterocycles. The van der Waals surface area contributed by atoms with Gasteiger partial charge >= 0.3 is 0 Å². The number of hydrogen-bond acceptors (Lipinski definition) is 1. The normalized spacial score (nSPS) is 10.6. The highest BCUT2D eigenvalue weighted by atomic mass is 14.6. The molecule has 0 saturated heterocycles. The number of fused-ring (bicyclic) bond motifs is 1. The summed E-state index contributed by atoms with van der Waals surface area (Å²) in [6.45, 7) is 3.86. The third-order valence-electron chi connectivity index (χ3n) is 3.60. The standard InChI is InChI=1S/C19H17N/c1-2-8-16-13-15-11-6-7-12-17(15)19(20)18(16)14-9-4-3-5-10-14/h2-7,9-13H,1,8,20H2. The van der Waals surface area contributed by atoms with E-state index in [1.165, 1.54) is 10.9 Å². The average molecular weight is 259 g/mol. The Morgan fingerprint density at radius 3 is 2.40 bits per heavy atom. The maximum atomic E-state index is 6.45. The highest BCUT2D eigenvalue weighted by Gasteiger charge is 2.11. The van der Waals surface area contributed by atoms with Crippen molar-refractivity contribution in [2.75, 3.05) is 5.73 Å². The van der Waals surface area contributed by atoms with Crippen molar-refractivity contribution in [3.05, 3.63) is 78.9 Å². The average Bonchev–Trinajstić information content (AvgIpc) is 2.49. The predicted molar refractivity (Wildman–Crippen MR) is 87.7 cm³/mol. The fourth-order valence-electron chi connectivity index (χ4n) is 2.70. The van der Waals surface area contributed by atoms with Crippen molar-refractivity contribution in [2.45, 2.75) is 6.42 Å². The molecule has 20 heavy (non-hydrogen) atoms. The Morgan fingerprint density at radius 2 is 1.65 bits per heavy atom. The lowest BCUT2D eigenvalue weighted by molar-refractivity contribution is 1.29. The molecule has 0 atom stereocenters. The van der Waals surface area contributed by atoms with Crippen LogP contribution in [0.25, 0.3) is 21.9 Å². The van der Waals surface area contributed by atoms with E-state index in [0.717, 1.165) is 28.6 Å². The summed E-state index contributed by atoms with van der Waals surface area (Å²) < 4.78 is 0. The molecular formula is C19H17N. The molecule has 0 fully saturated rings. The van der Waals surface area contributed by atoms with E-state index in [1.54, 1.807) is 0 Å². The second kappa shape index (κ2) is 5.22. The Kier molecular flexibility index (Phi) is 3.26. The minimum absolute atomic E-state index is 0.819. The lowest BCUT2D eigenvalue weighted by atomic mass is 9.92. The van der Waals surface area contributed by atoms with Gasteiger partial charge in [0.1, 0.15) is 0 Å². The van der Waals surface area contributed by atoms with Gasteiger partial charge in [0.2, 0.25) is 0 Å². The number of nitrogens with two attached hydrogens (primary N) is 1. The van der Waals surface area contributed by atoms with Crippen LogP contribution < -0.4 is 5.73 Å². The first kappa shape index (κ1) is 12.5. The first-order valence-electron chi connectivity index (χ1n) is 6.77. The van der Waals surface area contributed by atoms with Crippen molar-refractivity contribution >= 4 is 16.5 Å². The molecule has 0 aliphatic carbocycles. The van der Waals surface area contributed by atoms with Crippen LogP contribution in [0, 0.1) is 0 Å². The third kappa shape index (κ3) is 2.08. The molecule has 0 aliphatic heterocycles. The number of benzene rings is 3. The van der Waals surface area contributed by atoms with Gasteiger partial charge in [0.05, 0.1) is 0 Å². The van der Waals surface area contributed by atoms with Crippen LogP contribution in [0.4, 0.5) is 5.69 Å². The van der Waals surface area contributed by atoms with Gasteiger partial charge in [0.25, 0.3) is 0 Å². The predicted octanol–water partition coefficient (Wildman–Crippen LogP) is 4.82. The van der Waals surface area contributed by atoms with Gasteiger partial charge in [0.15, 0.2) is 0 Å². The number of anilines is 1. The molecule has 0 spiro atoms. The van der Waals surface area contributed by atoms with Crippen LogP contribution in [0.1, 0.15) is 5.56 Å². The smallest absolute Gasteiger partial charge is 0.0476 e. The van der Waals surface area contributed by atoms with E-state index >= 15 is 0 Å². The third-order valence-corrected chi connectivity index (χ3v) is 3.60. The molecule has 0 aliphatic rings. The Morgan fingerprint density at radius 1 is 0.950 bits per heavy atom.